The molecule has 0 amide bonds. The van der Waals surface area contributed by atoms with E-state index in [9.17, 15) is 4.39 Å². The van der Waals surface area contributed by atoms with Gasteiger partial charge in [0.15, 0.2) is 11.6 Å². The van der Waals surface area contributed by atoms with Gasteiger partial charge in [-0.25, -0.2) is 9.37 Å². The number of fused-ring (bicyclic) bond motifs is 1. The smallest absolute Gasteiger partial charge is 0.165 e. The molecule has 7 heteroatoms. The van der Waals surface area contributed by atoms with Crippen molar-refractivity contribution in [2.45, 2.75) is 45.6 Å². The van der Waals surface area contributed by atoms with Gasteiger partial charge in [0, 0.05) is 24.1 Å². The number of aryl methyl sites for hydroxylation is 2. The Morgan fingerprint density at radius 1 is 1.21 bits per heavy atom. The molecule has 6 nitrogen and oxygen atoms in total. The van der Waals surface area contributed by atoms with E-state index in [1.165, 1.54) is 7.11 Å². The maximum absolute atomic E-state index is 14.3. The second-order valence-electron chi connectivity index (χ2n) is 9.52. The van der Waals surface area contributed by atoms with E-state index in [0.29, 0.717) is 12.5 Å². The number of hydrogen-bond acceptors (Lipinski definition) is 5. The molecule has 178 valence electrons. The molecular formula is C27H31FN4O2. The third-order valence-corrected chi connectivity index (χ3v) is 6.97. The van der Waals surface area contributed by atoms with Crippen LogP contribution in [-0.2, 0) is 6.42 Å². The first-order valence-electron chi connectivity index (χ1n) is 11.8. The molecule has 2 aromatic carbocycles. The van der Waals surface area contributed by atoms with Gasteiger partial charge in [-0.2, -0.15) is 0 Å². The zero-order valence-electron chi connectivity index (χ0n) is 20.4. The van der Waals surface area contributed by atoms with Crippen molar-refractivity contribution in [3.63, 3.8) is 0 Å². The fourth-order valence-electron chi connectivity index (χ4n) is 5.30. The monoisotopic (exact) mass is 462 g/mol. The average Bonchev–Trinajstić information content (AvgIpc) is 3.49. The second kappa shape index (κ2) is 8.87. The van der Waals surface area contributed by atoms with Gasteiger partial charge in [0.2, 0.25) is 0 Å². The zero-order chi connectivity index (χ0) is 24.0. The van der Waals surface area contributed by atoms with Gasteiger partial charge >= 0.3 is 0 Å². The Kier molecular flexibility index (Phi) is 5.90. The summed E-state index contributed by atoms with van der Waals surface area (Å²) in [5.41, 5.74) is 6.01. The Balaban J connectivity index is 1.57. The minimum atomic E-state index is -0.331. The first-order chi connectivity index (χ1) is 16.4. The molecule has 1 fully saturated rings. The second-order valence-corrected chi connectivity index (χ2v) is 9.52. The lowest BCUT2D eigenvalue weighted by molar-refractivity contribution is 0.385. The SMILES string of the molecule is COc1ccc(C[C@H](C)c2nc3cc(-c4c(C)noc4C)ccc3n2C2CCN(C)C2)cc1F. The Bertz CT molecular complexity index is 1320. The van der Waals surface area contributed by atoms with Crippen LogP contribution in [0.2, 0.25) is 0 Å². The summed E-state index contributed by atoms with van der Waals surface area (Å²) in [7, 11) is 3.65. The normalized spacial score (nSPS) is 17.5. The number of methoxy groups -OCH3 is 1. The molecule has 1 saturated heterocycles. The Morgan fingerprint density at radius 2 is 2.03 bits per heavy atom. The molecule has 0 aliphatic carbocycles. The summed E-state index contributed by atoms with van der Waals surface area (Å²) in [5.74, 6) is 1.91. The molecule has 1 aliphatic rings. The number of likely N-dealkylation sites (N-methyl/N-ethyl adjacent to an activating group) is 1. The first kappa shape index (κ1) is 22.6. The Hall–Kier alpha value is -3.19. The van der Waals surface area contributed by atoms with Crippen molar-refractivity contribution in [3.05, 3.63) is 65.1 Å². The summed E-state index contributed by atoms with van der Waals surface area (Å²) < 4.78 is 27.2. The summed E-state index contributed by atoms with van der Waals surface area (Å²) in [6, 6.07) is 12.0. The molecule has 1 unspecified atom stereocenters. The number of ether oxygens (including phenoxy) is 1. The Morgan fingerprint density at radius 3 is 2.68 bits per heavy atom. The van der Waals surface area contributed by atoms with Crippen molar-refractivity contribution in [1.82, 2.24) is 19.6 Å². The van der Waals surface area contributed by atoms with Gasteiger partial charge in [0.05, 0.1) is 23.8 Å². The highest BCUT2D eigenvalue weighted by Gasteiger charge is 2.28. The number of benzene rings is 2. The minimum Gasteiger partial charge on any atom is -0.494 e. The highest BCUT2D eigenvalue weighted by molar-refractivity contribution is 5.84. The predicted molar refractivity (Wildman–Crippen MR) is 131 cm³/mol. The van der Waals surface area contributed by atoms with Crippen LogP contribution in [0.3, 0.4) is 0 Å². The third kappa shape index (κ3) is 3.98. The molecule has 0 N–H and O–H groups in total. The summed E-state index contributed by atoms with van der Waals surface area (Å²) in [4.78, 5) is 7.50. The number of halogens is 1. The van der Waals surface area contributed by atoms with Crippen LogP contribution in [0.4, 0.5) is 4.39 Å². The molecule has 0 radical (unpaired) electrons. The lowest BCUT2D eigenvalue weighted by Gasteiger charge is -2.20. The van der Waals surface area contributed by atoms with E-state index < -0.39 is 0 Å². The van der Waals surface area contributed by atoms with Gasteiger partial charge in [-0.15, -0.1) is 0 Å². The van der Waals surface area contributed by atoms with Crippen molar-refractivity contribution in [1.29, 1.82) is 0 Å². The van der Waals surface area contributed by atoms with Crippen LogP contribution < -0.4 is 4.74 Å². The van der Waals surface area contributed by atoms with E-state index in [1.54, 1.807) is 12.1 Å². The van der Waals surface area contributed by atoms with Crippen LogP contribution in [0.25, 0.3) is 22.2 Å². The number of aromatic nitrogens is 3. The van der Waals surface area contributed by atoms with Crippen LogP contribution in [0.1, 0.15) is 48.1 Å². The average molecular weight is 463 g/mol. The fraction of sp³-hybridized carbons (Fsp3) is 0.407. The van der Waals surface area contributed by atoms with Crippen LogP contribution in [-0.4, -0.2) is 46.9 Å². The molecule has 34 heavy (non-hydrogen) atoms. The number of nitrogens with zero attached hydrogens (tertiary/aromatic N) is 4. The molecule has 4 aromatic rings. The molecule has 2 atom stereocenters. The van der Waals surface area contributed by atoms with Crippen molar-refractivity contribution < 1.29 is 13.7 Å². The van der Waals surface area contributed by atoms with Crippen molar-refractivity contribution in [2.75, 3.05) is 27.2 Å². The van der Waals surface area contributed by atoms with Gasteiger partial charge < -0.3 is 18.7 Å². The molecule has 0 spiro atoms. The lowest BCUT2D eigenvalue weighted by Crippen LogP contribution is -2.19. The highest BCUT2D eigenvalue weighted by atomic mass is 19.1. The molecular weight excluding hydrogens is 431 g/mol. The van der Waals surface area contributed by atoms with Crippen LogP contribution in [0, 0.1) is 19.7 Å². The molecule has 2 aromatic heterocycles. The molecule has 3 heterocycles. The number of imidazole rings is 1. The van der Waals surface area contributed by atoms with E-state index in [1.807, 2.05) is 19.9 Å². The van der Waals surface area contributed by atoms with Crippen LogP contribution in [0.5, 0.6) is 5.75 Å². The first-order valence-corrected chi connectivity index (χ1v) is 11.8. The van der Waals surface area contributed by atoms with Crippen molar-refractivity contribution in [3.8, 4) is 16.9 Å². The maximum atomic E-state index is 14.3. The fourth-order valence-corrected chi connectivity index (χ4v) is 5.30. The number of hydrogen-bond donors (Lipinski definition) is 0. The lowest BCUT2D eigenvalue weighted by atomic mass is 9.99. The van der Waals surface area contributed by atoms with E-state index in [2.05, 4.69) is 46.8 Å². The molecule has 0 bridgehead atoms. The van der Waals surface area contributed by atoms with Crippen LogP contribution >= 0.6 is 0 Å². The quantitative estimate of drug-likeness (QED) is 0.369. The highest BCUT2D eigenvalue weighted by Crippen LogP contribution is 2.35. The molecule has 1 aliphatic heterocycles. The van der Waals surface area contributed by atoms with Gasteiger partial charge in [0.1, 0.15) is 11.6 Å². The summed E-state index contributed by atoms with van der Waals surface area (Å²) >= 11 is 0. The topological polar surface area (TPSA) is 56.3 Å². The van der Waals surface area contributed by atoms with E-state index in [4.69, 9.17) is 14.2 Å². The van der Waals surface area contributed by atoms with E-state index >= 15 is 0 Å². The van der Waals surface area contributed by atoms with Gasteiger partial charge in [-0.1, -0.05) is 24.2 Å². The summed E-state index contributed by atoms with van der Waals surface area (Å²) in [5, 5.41) is 4.12. The standard InChI is InChI=1S/C27H31FN4O2/c1-16(12-19-6-9-25(33-5)22(28)13-19)27-29-23-14-20(26-17(2)30-34-18(26)3)7-8-24(23)32(27)21-10-11-31(4)15-21/h6-9,13-14,16,21H,10-12,15H2,1-5H3/t16-,21?/m0/s1. The van der Waals surface area contributed by atoms with Crippen LogP contribution in [0.15, 0.2) is 40.9 Å². The predicted octanol–water partition coefficient (Wildman–Crippen LogP) is 5.68. The summed E-state index contributed by atoms with van der Waals surface area (Å²) in [6.07, 6.45) is 1.79. The largest absolute Gasteiger partial charge is 0.494 e. The zero-order valence-corrected chi connectivity index (χ0v) is 20.4. The van der Waals surface area contributed by atoms with E-state index in [-0.39, 0.29) is 17.5 Å². The minimum absolute atomic E-state index is 0.119. The van der Waals surface area contributed by atoms with E-state index in [0.717, 1.165) is 64.5 Å². The van der Waals surface area contributed by atoms with Gasteiger partial charge in [-0.05, 0) is 75.7 Å². The molecule has 5 rings (SSSR count). The summed E-state index contributed by atoms with van der Waals surface area (Å²) in [6.45, 7) is 8.14. The van der Waals surface area contributed by atoms with Gasteiger partial charge in [-0.3, -0.25) is 0 Å². The van der Waals surface area contributed by atoms with Crippen molar-refractivity contribution >= 4 is 11.0 Å². The molecule has 0 saturated carbocycles. The Labute approximate surface area is 199 Å². The van der Waals surface area contributed by atoms with Gasteiger partial charge in [0.25, 0.3) is 0 Å². The third-order valence-electron chi connectivity index (χ3n) is 6.97. The maximum Gasteiger partial charge on any atom is 0.165 e. The number of rotatable bonds is 6. The number of likely N-dealkylation sites (tertiary alicyclic amines) is 1. The van der Waals surface area contributed by atoms with Crippen molar-refractivity contribution in [2.24, 2.45) is 0 Å².